The van der Waals surface area contributed by atoms with Crippen molar-refractivity contribution in [3.05, 3.63) is 40.2 Å². The molecular formula is C20H25ClN2O2. The molecule has 1 aliphatic carbocycles. The van der Waals surface area contributed by atoms with E-state index in [0.717, 1.165) is 48.3 Å². The first-order chi connectivity index (χ1) is 11.9. The van der Waals surface area contributed by atoms with Gasteiger partial charge in [0.25, 0.3) is 0 Å². The zero-order chi connectivity index (χ0) is 18.2. The molecule has 0 amide bonds. The summed E-state index contributed by atoms with van der Waals surface area (Å²) in [5.41, 5.74) is 3.44. The van der Waals surface area contributed by atoms with Crippen LogP contribution in [0.5, 0.6) is 5.75 Å². The molecule has 0 aliphatic heterocycles. The third-order valence-electron chi connectivity index (χ3n) is 4.75. The fourth-order valence-corrected chi connectivity index (χ4v) is 3.76. The van der Waals surface area contributed by atoms with Crippen molar-refractivity contribution in [1.82, 2.24) is 9.78 Å². The monoisotopic (exact) mass is 360 g/mol. The minimum absolute atomic E-state index is 0.0519. The fourth-order valence-electron chi connectivity index (χ4n) is 3.59. The lowest BCUT2D eigenvalue weighted by Gasteiger charge is -2.27. The molecule has 0 saturated heterocycles. The van der Waals surface area contributed by atoms with Crippen molar-refractivity contribution in [2.24, 2.45) is 5.41 Å². The largest absolute Gasteiger partial charge is 0.494 e. The van der Waals surface area contributed by atoms with Crippen molar-refractivity contribution in [2.45, 2.75) is 52.9 Å². The first-order valence-electron chi connectivity index (χ1n) is 8.84. The van der Waals surface area contributed by atoms with Crippen LogP contribution in [0, 0.1) is 5.41 Å². The Morgan fingerprint density at radius 2 is 2.08 bits per heavy atom. The van der Waals surface area contributed by atoms with Gasteiger partial charge in [-0.05, 0) is 42.9 Å². The molecule has 0 fully saturated rings. The number of Topliss-reactive ketones (excluding diaryl/α,β-unsaturated/α-hetero) is 1. The van der Waals surface area contributed by atoms with E-state index in [9.17, 15) is 4.79 Å². The Kier molecular flexibility index (Phi) is 4.92. The van der Waals surface area contributed by atoms with Gasteiger partial charge in [0, 0.05) is 11.4 Å². The van der Waals surface area contributed by atoms with Gasteiger partial charge >= 0.3 is 0 Å². The molecular weight excluding hydrogens is 336 g/mol. The van der Waals surface area contributed by atoms with E-state index in [-0.39, 0.29) is 11.2 Å². The van der Waals surface area contributed by atoms with E-state index in [2.05, 4.69) is 20.8 Å². The predicted octanol–water partition coefficient (Wildman–Crippen LogP) is 5.03. The molecule has 25 heavy (non-hydrogen) atoms. The van der Waals surface area contributed by atoms with E-state index < -0.39 is 0 Å². The van der Waals surface area contributed by atoms with Crippen LogP contribution >= 0.6 is 11.6 Å². The molecule has 4 nitrogen and oxygen atoms in total. The number of methoxy groups -OCH3 is 1. The SMILES string of the molecule is CCCCc1c2c(nn1-c1cc(Cl)ccc1OC)CC(C)(C)CC2=O. The van der Waals surface area contributed by atoms with E-state index in [1.165, 1.54) is 0 Å². The van der Waals surface area contributed by atoms with Gasteiger partial charge in [-0.2, -0.15) is 5.10 Å². The lowest BCUT2D eigenvalue weighted by molar-refractivity contribution is 0.0910. The highest BCUT2D eigenvalue weighted by Crippen LogP contribution is 2.38. The van der Waals surface area contributed by atoms with E-state index >= 15 is 0 Å². The summed E-state index contributed by atoms with van der Waals surface area (Å²) in [7, 11) is 1.64. The highest BCUT2D eigenvalue weighted by molar-refractivity contribution is 6.30. The summed E-state index contributed by atoms with van der Waals surface area (Å²) in [6.07, 6.45) is 4.27. The van der Waals surface area contributed by atoms with Crippen LogP contribution in [-0.4, -0.2) is 22.7 Å². The minimum Gasteiger partial charge on any atom is -0.494 e. The highest BCUT2D eigenvalue weighted by atomic mass is 35.5. The van der Waals surface area contributed by atoms with Crippen molar-refractivity contribution in [2.75, 3.05) is 7.11 Å². The number of carbonyl (C=O) groups is 1. The van der Waals surface area contributed by atoms with Gasteiger partial charge in [-0.1, -0.05) is 38.8 Å². The van der Waals surface area contributed by atoms with Gasteiger partial charge < -0.3 is 4.74 Å². The van der Waals surface area contributed by atoms with E-state index in [1.54, 1.807) is 13.2 Å². The second-order valence-corrected chi connectivity index (χ2v) is 7.98. The average molecular weight is 361 g/mol. The molecule has 0 atom stereocenters. The fraction of sp³-hybridized carbons (Fsp3) is 0.500. The minimum atomic E-state index is -0.0519. The summed E-state index contributed by atoms with van der Waals surface area (Å²) >= 11 is 6.22. The third kappa shape index (κ3) is 3.45. The molecule has 0 bridgehead atoms. The molecule has 3 rings (SSSR count). The molecule has 1 aliphatic rings. The number of rotatable bonds is 5. The number of hydrogen-bond acceptors (Lipinski definition) is 3. The Bertz CT molecular complexity index is 808. The lowest BCUT2D eigenvalue weighted by atomic mass is 9.75. The smallest absolute Gasteiger partial charge is 0.167 e. The average Bonchev–Trinajstić information content (AvgIpc) is 2.89. The summed E-state index contributed by atoms with van der Waals surface area (Å²) in [5, 5.41) is 5.45. The standard InChI is InChI=1S/C20H25ClN2O2/c1-5-6-7-15-19-14(11-20(2,3)12-17(19)24)22-23(15)16-10-13(21)8-9-18(16)25-4/h8-10H,5-7,11-12H2,1-4H3. The van der Waals surface area contributed by atoms with Gasteiger partial charge in [0.05, 0.1) is 24.1 Å². The molecule has 0 N–H and O–H groups in total. The highest BCUT2D eigenvalue weighted by Gasteiger charge is 2.36. The lowest BCUT2D eigenvalue weighted by Crippen LogP contribution is -2.27. The van der Waals surface area contributed by atoms with Gasteiger partial charge in [0.2, 0.25) is 0 Å². The number of ketones is 1. The second kappa shape index (κ2) is 6.83. The Hall–Kier alpha value is -1.81. The molecule has 0 saturated carbocycles. The Balaban J connectivity index is 2.21. The molecule has 0 unspecified atom stereocenters. The van der Waals surface area contributed by atoms with Crippen LogP contribution in [0.3, 0.4) is 0 Å². The molecule has 0 spiro atoms. The zero-order valence-corrected chi connectivity index (χ0v) is 16.1. The Morgan fingerprint density at radius 1 is 1.32 bits per heavy atom. The van der Waals surface area contributed by atoms with Crippen LogP contribution in [-0.2, 0) is 12.8 Å². The normalized spacial score (nSPS) is 16.0. The predicted molar refractivity (Wildman–Crippen MR) is 100 cm³/mol. The summed E-state index contributed by atoms with van der Waals surface area (Å²) in [5.74, 6) is 0.901. The van der Waals surface area contributed by atoms with Crippen LogP contribution in [0.1, 0.15) is 61.8 Å². The molecule has 1 aromatic carbocycles. The first kappa shape index (κ1) is 18.0. The van der Waals surface area contributed by atoms with Gasteiger partial charge in [-0.3, -0.25) is 4.79 Å². The van der Waals surface area contributed by atoms with Crippen LogP contribution in [0.2, 0.25) is 5.02 Å². The van der Waals surface area contributed by atoms with Crippen molar-refractivity contribution in [3.8, 4) is 11.4 Å². The van der Waals surface area contributed by atoms with Crippen LogP contribution < -0.4 is 4.74 Å². The van der Waals surface area contributed by atoms with Crippen molar-refractivity contribution >= 4 is 17.4 Å². The maximum Gasteiger partial charge on any atom is 0.167 e. The van der Waals surface area contributed by atoms with Gasteiger partial charge in [0.1, 0.15) is 11.4 Å². The number of nitrogens with zero attached hydrogens (tertiary/aromatic N) is 2. The zero-order valence-electron chi connectivity index (χ0n) is 15.4. The molecule has 1 aromatic heterocycles. The number of ether oxygens (including phenoxy) is 1. The molecule has 0 radical (unpaired) electrons. The van der Waals surface area contributed by atoms with Crippen LogP contribution in [0.15, 0.2) is 18.2 Å². The molecule has 2 aromatic rings. The number of benzene rings is 1. The maximum absolute atomic E-state index is 12.8. The van der Waals surface area contributed by atoms with E-state index in [0.29, 0.717) is 17.2 Å². The molecule has 5 heteroatoms. The number of carbonyl (C=O) groups excluding carboxylic acids is 1. The van der Waals surface area contributed by atoms with Gasteiger partial charge in [0.15, 0.2) is 5.78 Å². The number of aromatic nitrogens is 2. The van der Waals surface area contributed by atoms with Crippen LogP contribution in [0.25, 0.3) is 5.69 Å². The van der Waals surface area contributed by atoms with Crippen LogP contribution in [0.4, 0.5) is 0 Å². The molecule has 134 valence electrons. The number of hydrogen-bond donors (Lipinski definition) is 0. The van der Waals surface area contributed by atoms with E-state index in [1.807, 2.05) is 16.8 Å². The van der Waals surface area contributed by atoms with Crippen molar-refractivity contribution < 1.29 is 9.53 Å². The van der Waals surface area contributed by atoms with E-state index in [4.69, 9.17) is 21.4 Å². The first-order valence-corrected chi connectivity index (χ1v) is 9.22. The Labute approximate surface area is 154 Å². The summed E-state index contributed by atoms with van der Waals surface area (Å²) in [6, 6.07) is 5.49. The van der Waals surface area contributed by atoms with Gasteiger partial charge in [-0.15, -0.1) is 0 Å². The number of halogens is 1. The summed E-state index contributed by atoms with van der Waals surface area (Å²) in [4.78, 5) is 12.8. The third-order valence-corrected chi connectivity index (χ3v) is 4.99. The number of unbranched alkanes of at least 4 members (excludes halogenated alkanes) is 1. The molecule has 1 heterocycles. The Morgan fingerprint density at radius 3 is 2.76 bits per heavy atom. The van der Waals surface area contributed by atoms with Crippen molar-refractivity contribution in [3.63, 3.8) is 0 Å². The van der Waals surface area contributed by atoms with Gasteiger partial charge in [-0.25, -0.2) is 4.68 Å². The summed E-state index contributed by atoms with van der Waals surface area (Å²) < 4.78 is 7.39. The second-order valence-electron chi connectivity index (χ2n) is 7.54. The van der Waals surface area contributed by atoms with Crippen molar-refractivity contribution in [1.29, 1.82) is 0 Å². The maximum atomic E-state index is 12.8. The number of fused-ring (bicyclic) bond motifs is 1. The quantitative estimate of drug-likeness (QED) is 0.750. The topological polar surface area (TPSA) is 44.1 Å². The summed E-state index contributed by atoms with van der Waals surface area (Å²) in [6.45, 7) is 6.40.